The van der Waals surface area contributed by atoms with Crippen LogP contribution in [0.15, 0.2) is 81.6 Å². The Balaban J connectivity index is 1.44. The Morgan fingerprint density at radius 3 is 2.50 bits per heavy atom. The van der Waals surface area contributed by atoms with E-state index in [2.05, 4.69) is 49.4 Å². The van der Waals surface area contributed by atoms with E-state index in [4.69, 9.17) is 16.2 Å². The molecular formula is C22H20N6O2. The van der Waals surface area contributed by atoms with Crippen LogP contribution in [0, 0.1) is 0 Å². The number of anilines is 1. The molecule has 0 unspecified atom stereocenters. The maximum atomic E-state index is 5.97. The molecule has 1 aromatic heterocycles. The number of nitrogen functional groups attached to an aromatic ring is 1. The second-order valence-corrected chi connectivity index (χ2v) is 6.62. The Morgan fingerprint density at radius 1 is 0.967 bits per heavy atom. The highest BCUT2D eigenvalue weighted by Crippen LogP contribution is 2.21. The van der Waals surface area contributed by atoms with E-state index in [1.165, 1.54) is 10.8 Å². The van der Waals surface area contributed by atoms with Crippen LogP contribution >= 0.6 is 0 Å². The smallest absolute Gasteiger partial charge is 0.199 e. The first kappa shape index (κ1) is 19.1. The summed E-state index contributed by atoms with van der Waals surface area (Å²) in [4.78, 5) is 0. The van der Waals surface area contributed by atoms with Gasteiger partial charge in [-0.25, -0.2) is 4.63 Å². The first-order valence-electron chi connectivity index (χ1n) is 9.28. The minimum atomic E-state index is 0.0307. The molecule has 0 aliphatic heterocycles. The number of hydrogen-bond donors (Lipinski definition) is 2. The maximum absolute atomic E-state index is 5.97. The number of fused-ring (bicyclic) bond motifs is 1. The standard InChI is InChI=1S/C22H20N6O2/c1-14(25-26-21(23)20-22(24)28-30-27-20)15-9-11-18(12-10-15)29-13-17-7-4-6-16-5-2-3-8-19(16)17/h2-12H,13H2,1H3,(H2,23,26)(H2,24,28). The lowest BCUT2D eigenvalue weighted by Gasteiger charge is -2.09. The predicted molar refractivity (Wildman–Crippen MR) is 116 cm³/mol. The highest BCUT2D eigenvalue weighted by Gasteiger charge is 2.10. The van der Waals surface area contributed by atoms with Crippen LogP contribution in [0.5, 0.6) is 5.75 Å². The van der Waals surface area contributed by atoms with E-state index in [9.17, 15) is 0 Å². The molecule has 0 saturated heterocycles. The minimum absolute atomic E-state index is 0.0307. The summed E-state index contributed by atoms with van der Waals surface area (Å²) in [6.07, 6.45) is 0. The predicted octanol–water partition coefficient (Wildman–Crippen LogP) is 3.51. The molecule has 3 aromatic carbocycles. The lowest BCUT2D eigenvalue weighted by Crippen LogP contribution is -2.15. The van der Waals surface area contributed by atoms with Gasteiger partial charge in [-0.1, -0.05) is 42.5 Å². The van der Waals surface area contributed by atoms with Gasteiger partial charge in [0.1, 0.15) is 12.4 Å². The van der Waals surface area contributed by atoms with Crippen molar-refractivity contribution < 1.29 is 9.37 Å². The number of hydrogen-bond acceptors (Lipinski definition) is 7. The van der Waals surface area contributed by atoms with E-state index < -0.39 is 0 Å². The van der Waals surface area contributed by atoms with E-state index in [-0.39, 0.29) is 17.3 Å². The zero-order valence-corrected chi connectivity index (χ0v) is 16.3. The van der Waals surface area contributed by atoms with Crippen molar-refractivity contribution in [2.24, 2.45) is 15.9 Å². The van der Waals surface area contributed by atoms with Gasteiger partial charge in [-0.2, -0.15) is 5.10 Å². The quantitative estimate of drug-likeness (QED) is 0.290. The molecule has 0 spiro atoms. The van der Waals surface area contributed by atoms with Crippen molar-refractivity contribution >= 4 is 28.1 Å². The summed E-state index contributed by atoms with van der Waals surface area (Å²) >= 11 is 0. The summed E-state index contributed by atoms with van der Waals surface area (Å²) in [5.41, 5.74) is 14.3. The van der Waals surface area contributed by atoms with Gasteiger partial charge < -0.3 is 16.2 Å². The van der Waals surface area contributed by atoms with E-state index in [0.29, 0.717) is 12.3 Å². The molecule has 150 valence electrons. The number of amidine groups is 1. The Kier molecular flexibility index (Phi) is 5.38. The summed E-state index contributed by atoms with van der Waals surface area (Å²) in [6, 6.07) is 22.1. The Labute approximate surface area is 172 Å². The SMILES string of the molecule is CC(=N/N=C(\N)c1nonc1N)c1ccc(OCc2cccc3ccccc23)cc1. The zero-order valence-electron chi connectivity index (χ0n) is 16.3. The molecule has 0 aliphatic rings. The summed E-state index contributed by atoms with van der Waals surface area (Å²) in [5.74, 6) is 0.865. The number of nitrogens with two attached hydrogens (primary N) is 2. The molecule has 4 rings (SSSR count). The van der Waals surface area contributed by atoms with Crippen LogP contribution in [-0.4, -0.2) is 21.9 Å². The molecule has 8 nitrogen and oxygen atoms in total. The first-order chi connectivity index (χ1) is 14.6. The maximum Gasteiger partial charge on any atom is 0.199 e. The molecular weight excluding hydrogens is 380 g/mol. The van der Waals surface area contributed by atoms with Crippen molar-refractivity contribution in [1.29, 1.82) is 0 Å². The Hall–Kier alpha value is -4.20. The van der Waals surface area contributed by atoms with Crippen molar-refractivity contribution in [2.45, 2.75) is 13.5 Å². The van der Waals surface area contributed by atoms with Gasteiger partial charge in [0, 0.05) is 0 Å². The van der Waals surface area contributed by atoms with Crippen LogP contribution < -0.4 is 16.2 Å². The lowest BCUT2D eigenvalue weighted by atomic mass is 10.1. The van der Waals surface area contributed by atoms with Gasteiger partial charge in [-0.3, -0.25) is 0 Å². The third-order valence-corrected chi connectivity index (χ3v) is 4.61. The lowest BCUT2D eigenvalue weighted by molar-refractivity contribution is 0.307. The molecule has 30 heavy (non-hydrogen) atoms. The summed E-state index contributed by atoms with van der Waals surface area (Å²) < 4.78 is 10.5. The molecule has 4 N–H and O–H groups in total. The number of ether oxygens (including phenoxy) is 1. The monoisotopic (exact) mass is 400 g/mol. The number of aromatic nitrogens is 2. The van der Waals surface area contributed by atoms with Crippen molar-refractivity contribution in [3.8, 4) is 5.75 Å². The highest BCUT2D eigenvalue weighted by atomic mass is 16.6. The first-order valence-corrected chi connectivity index (χ1v) is 9.28. The molecule has 0 fully saturated rings. The second kappa shape index (κ2) is 8.44. The van der Waals surface area contributed by atoms with Gasteiger partial charge in [-0.15, -0.1) is 5.10 Å². The van der Waals surface area contributed by atoms with Crippen LogP contribution in [0.4, 0.5) is 5.82 Å². The Bertz CT molecular complexity index is 1220. The van der Waals surface area contributed by atoms with Crippen LogP contribution in [0.1, 0.15) is 23.7 Å². The van der Waals surface area contributed by atoms with Crippen LogP contribution in [-0.2, 0) is 6.61 Å². The Morgan fingerprint density at radius 2 is 1.73 bits per heavy atom. The summed E-state index contributed by atoms with van der Waals surface area (Å²) in [5, 5.41) is 17.5. The van der Waals surface area contributed by atoms with Gasteiger partial charge >= 0.3 is 0 Å². The number of rotatable bonds is 6. The van der Waals surface area contributed by atoms with Gasteiger partial charge in [0.25, 0.3) is 0 Å². The van der Waals surface area contributed by atoms with Gasteiger partial charge in [0.2, 0.25) is 0 Å². The van der Waals surface area contributed by atoms with E-state index in [1.54, 1.807) is 0 Å². The van der Waals surface area contributed by atoms with E-state index >= 15 is 0 Å². The third kappa shape index (κ3) is 4.12. The zero-order chi connectivity index (χ0) is 20.9. The van der Waals surface area contributed by atoms with Gasteiger partial charge in [0.15, 0.2) is 17.3 Å². The highest BCUT2D eigenvalue weighted by molar-refractivity contribution is 6.01. The molecule has 1 heterocycles. The number of nitrogens with zero attached hydrogens (tertiary/aromatic N) is 4. The topological polar surface area (TPSA) is 125 Å². The minimum Gasteiger partial charge on any atom is -0.489 e. The molecule has 0 bridgehead atoms. The van der Waals surface area contributed by atoms with E-state index in [0.717, 1.165) is 16.9 Å². The van der Waals surface area contributed by atoms with Crippen molar-refractivity contribution in [3.63, 3.8) is 0 Å². The molecule has 0 saturated carbocycles. The average molecular weight is 400 g/mol. The molecule has 0 radical (unpaired) electrons. The number of benzene rings is 3. The summed E-state index contributed by atoms with van der Waals surface area (Å²) in [7, 11) is 0. The average Bonchev–Trinajstić information content (AvgIpc) is 3.22. The van der Waals surface area contributed by atoms with Crippen molar-refractivity contribution in [2.75, 3.05) is 5.73 Å². The fourth-order valence-corrected chi connectivity index (χ4v) is 2.98. The van der Waals surface area contributed by atoms with Gasteiger partial charge in [-0.05, 0) is 63.4 Å². The third-order valence-electron chi connectivity index (χ3n) is 4.61. The summed E-state index contributed by atoms with van der Waals surface area (Å²) in [6.45, 7) is 2.31. The molecule has 0 aliphatic carbocycles. The molecule has 0 amide bonds. The van der Waals surface area contributed by atoms with Crippen molar-refractivity contribution in [3.05, 3.63) is 83.6 Å². The van der Waals surface area contributed by atoms with Crippen LogP contribution in [0.3, 0.4) is 0 Å². The fourth-order valence-electron chi connectivity index (χ4n) is 2.98. The van der Waals surface area contributed by atoms with E-state index in [1.807, 2.05) is 49.4 Å². The largest absolute Gasteiger partial charge is 0.489 e. The second-order valence-electron chi connectivity index (χ2n) is 6.62. The molecule has 4 aromatic rings. The van der Waals surface area contributed by atoms with Crippen molar-refractivity contribution in [1.82, 2.24) is 10.3 Å². The normalized spacial score (nSPS) is 12.3. The molecule has 0 atom stereocenters. The molecule has 8 heteroatoms. The van der Waals surface area contributed by atoms with Crippen LogP contribution in [0.25, 0.3) is 10.8 Å². The van der Waals surface area contributed by atoms with Gasteiger partial charge in [0.05, 0.1) is 5.71 Å². The fraction of sp³-hybridized carbons (Fsp3) is 0.0909. The van der Waals surface area contributed by atoms with Crippen LogP contribution in [0.2, 0.25) is 0 Å².